The molecular weight excluding hydrogens is 278 g/mol. The first-order valence-electron chi connectivity index (χ1n) is 6.24. The number of pyridine rings is 1. The van der Waals surface area contributed by atoms with E-state index in [1.165, 1.54) is 4.90 Å². The van der Waals surface area contributed by atoms with Crippen LogP contribution in [0.3, 0.4) is 0 Å². The minimum absolute atomic E-state index is 0.219. The molecule has 0 radical (unpaired) electrons. The van der Waals surface area contributed by atoms with Crippen molar-refractivity contribution in [1.82, 2.24) is 9.88 Å². The average molecular weight is 295 g/mol. The summed E-state index contributed by atoms with van der Waals surface area (Å²) in [6.45, 7) is 2.32. The molecule has 108 valence electrons. The van der Waals surface area contributed by atoms with Gasteiger partial charge in [-0.1, -0.05) is 0 Å². The van der Waals surface area contributed by atoms with E-state index in [1.807, 2.05) is 12.3 Å². The number of thioether (sulfide) groups is 1. The summed E-state index contributed by atoms with van der Waals surface area (Å²) in [5.74, 6) is -0.396. The van der Waals surface area contributed by atoms with Crippen molar-refractivity contribution in [2.45, 2.75) is 18.2 Å². The van der Waals surface area contributed by atoms with E-state index >= 15 is 0 Å². The van der Waals surface area contributed by atoms with E-state index in [0.29, 0.717) is 18.8 Å². The fourth-order valence-corrected chi connectivity index (χ4v) is 2.43. The van der Waals surface area contributed by atoms with E-state index in [4.69, 9.17) is 5.11 Å². The van der Waals surface area contributed by atoms with Gasteiger partial charge < -0.3 is 10.0 Å². The highest BCUT2D eigenvalue weighted by Gasteiger charge is 2.42. The Morgan fingerprint density at radius 2 is 2.25 bits per heavy atom. The molecule has 20 heavy (non-hydrogen) atoms. The summed E-state index contributed by atoms with van der Waals surface area (Å²) in [5, 5.41) is 11.8. The standard InChI is InChI=1S/C13H17N3O3S/c1-13(11(17)18)5-6-16(8-13)12(19)15-10-4-3-9(20-2)7-14-10/h3-4,7H,5-6,8H2,1-2H3,(H,17,18)(H,14,15,19). The lowest BCUT2D eigenvalue weighted by Gasteiger charge is -2.20. The van der Waals surface area contributed by atoms with Crippen molar-refractivity contribution in [3.8, 4) is 0 Å². The molecule has 7 heteroatoms. The van der Waals surface area contributed by atoms with Gasteiger partial charge in [-0.3, -0.25) is 10.1 Å². The third kappa shape index (κ3) is 3.04. The minimum atomic E-state index is -0.866. The zero-order chi connectivity index (χ0) is 14.8. The van der Waals surface area contributed by atoms with Gasteiger partial charge in [-0.15, -0.1) is 11.8 Å². The molecule has 1 aliphatic heterocycles. The fourth-order valence-electron chi connectivity index (χ4n) is 2.07. The number of carboxylic acid groups (broad SMARTS) is 1. The summed E-state index contributed by atoms with van der Waals surface area (Å²) < 4.78 is 0. The molecule has 1 aliphatic rings. The molecule has 1 aromatic rings. The Morgan fingerprint density at radius 1 is 1.50 bits per heavy atom. The normalized spacial score (nSPS) is 21.8. The molecule has 2 rings (SSSR count). The van der Waals surface area contributed by atoms with Crippen LogP contribution >= 0.6 is 11.8 Å². The summed E-state index contributed by atoms with van der Waals surface area (Å²) in [5.41, 5.74) is -0.854. The van der Waals surface area contributed by atoms with Crippen molar-refractivity contribution in [3.63, 3.8) is 0 Å². The number of likely N-dealkylation sites (tertiary alicyclic amines) is 1. The molecule has 1 unspecified atom stereocenters. The lowest BCUT2D eigenvalue weighted by molar-refractivity contribution is -0.146. The zero-order valence-corrected chi connectivity index (χ0v) is 12.2. The average Bonchev–Trinajstić information content (AvgIpc) is 2.84. The van der Waals surface area contributed by atoms with Gasteiger partial charge in [0.15, 0.2) is 0 Å². The number of hydrogen-bond acceptors (Lipinski definition) is 4. The molecule has 1 atom stereocenters. The Kier molecular flexibility index (Phi) is 4.17. The fraction of sp³-hybridized carbons (Fsp3) is 0.462. The maximum Gasteiger partial charge on any atom is 0.323 e. The number of carboxylic acids is 1. The van der Waals surface area contributed by atoms with Crippen LogP contribution < -0.4 is 5.32 Å². The highest BCUT2D eigenvalue weighted by atomic mass is 32.2. The van der Waals surface area contributed by atoms with E-state index < -0.39 is 11.4 Å². The predicted molar refractivity (Wildman–Crippen MR) is 77.0 cm³/mol. The molecular formula is C13H17N3O3S. The summed E-state index contributed by atoms with van der Waals surface area (Å²) in [7, 11) is 0. The largest absolute Gasteiger partial charge is 0.481 e. The van der Waals surface area contributed by atoms with Crippen molar-refractivity contribution in [2.24, 2.45) is 5.41 Å². The molecule has 0 spiro atoms. The number of nitrogens with zero attached hydrogens (tertiary/aromatic N) is 2. The molecule has 1 aromatic heterocycles. The van der Waals surface area contributed by atoms with Crippen LogP contribution in [0.25, 0.3) is 0 Å². The van der Waals surface area contributed by atoms with Gasteiger partial charge in [0, 0.05) is 24.2 Å². The maximum atomic E-state index is 12.1. The summed E-state index contributed by atoms with van der Waals surface area (Å²) in [6, 6.07) is 3.30. The molecule has 1 saturated heterocycles. The second-order valence-corrected chi connectivity index (χ2v) is 5.93. The van der Waals surface area contributed by atoms with Crippen molar-refractivity contribution in [3.05, 3.63) is 18.3 Å². The van der Waals surface area contributed by atoms with Crippen LogP contribution in [0.4, 0.5) is 10.6 Å². The van der Waals surface area contributed by atoms with Crippen molar-refractivity contribution >= 4 is 29.6 Å². The molecule has 1 fully saturated rings. The summed E-state index contributed by atoms with van der Waals surface area (Å²) >= 11 is 1.57. The number of aliphatic carboxylic acids is 1. The van der Waals surface area contributed by atoms with Crippen LogP contribution in [-0.2, 0) is 4.79 Å². The zero-order valence-electron chi connectivity index (χ0n) is 11.4. The number of urea groups is 1. The molecule has 6 nitrogen and oxygen atoms in total. The van der Waals surface area contributed by atoms with Crippen molar-refractivity contribution < 1.29 is 14.7 Å². The number of anilines is 1. The monoisotopic (exact) mass is 295 g/mol. The van der Waals surface area contributed by atoms with Gasteiger partial charge in [-0.25, -0.2) is 9.78 Å². The molecule has 0 aromatic carbocycles. The van der Waals surface area contributed by atoms with Gasteiger partial charge in [0.25, 0.3) is 0 Å². The third-order valence-electron chi connectivity index (χ3n) is 3.48. The Hall–Kier alpha value is -1.76. The first-order valence-corrected chi connectivity index (χ1v) is 7.46. The van der Waals surface area contributed by atoms with Crippen LogP contribution in [0.5, 0.6) is 0 Å². The smallest absolute Gasteiger partial charge is 0.323 e. The number of carbonyl (C=O) groups excluding carboxylic acids is 1. The van der Waals surface area contributed by atoms with Crippen molar-refractivity contribution in [1.29, 1.82) is 0 Å². The van der Waals surface area contributed by atoms with E-state index in [2.05, 4.69) is 10.3 Å². The number of hydrogen-bond donors (Lipinski definition) is 2. The van der Waals surface area contributed by atoms with Gasteiger partial charge >= 0.3 is 12.0 Å². The van der Waals surface area contributed by atoms with Gasteiger partial charge in [-0.05, 0) is 31.7 Å². The molecule has 2 amide bonds. The highest BCUT2D eigenvalue weighted by Crippen LogP contribution is 2.30. The lowest BCUT2D eigenvalue weighted by Crippen LogP contribution is -2.37. The van der Waals surface area contributed by atoms with E-state index in [9.17, 15) is 9.59 Å². The van der Waals surface area contributed by atoms with E-state index in [-0.39, 0.29) is 12.6 Å². The summed E-state index contributed by atoms with van der Waals surface area (Å²) in [6.07, 6.45) is 4.10. The Bertz CT molecular complexity index is 520. The SMILES string of the molecule is CSc1ccc(NC(=O)N2CCC(C)(C(=O)O)C2)nc1. The van der Waals surface area contributed by atoms with Gasteiger partial charge in [0.2, 0.25) is 0 Å². The number of nitrogens with one attached hydrogen (secondary N) is 1. The van der Waals surface area contributed by atoms with E-state index in [1.54, 1.807) is 30.9 Å². The third-order valence-corrected chi connectivity index (χ3v) is 4.20. The number of amides is 2. The molecule has 0 aliphatic carbocycles. The number of carbonyl (C=O) groups is 2. The Labute approximate surface area is 121 Å². The second-order valence-electron chi connectivity index (χ2n) is 5.05. The Morgan fingerprint density at radius 3 is 2.75 bits per heavy atom. The molecule has 0 saturated carbocycles. The van der Waals surface area contributed by atoms with Gasteiger partial charge in [-0.2, -0.15) is 0 Å². The predicted octanol–water partition coefficient (Wildman–Crippen LogP) is 2.13. The molecule has 2 heterocycles. The summed E-state index contributed by atoms with van der Waals surface area (Å²) in [4.78, 5) is 29.9. The molecule has 0 bridgehead atoms. The first kappa shape index (κ1) is 14.6. The minimum Gasteiger partial charge on any atom is -0.481 e. The topological polar surface area (TPSA) is 82.5 Å². The van der Waals surface area contributed by atoms with Crippen molar-refractivity contribution in [2.75, 3.05) is 24.7 Å². The number of rotatable bonds is 3. The van der Waals surface area contributed by atoms with Gasteiger partial charge in [0.1, 0.15) is 5.82 Å². The number of aromatic nitrogens is 1. The van der Waals surface area contributed by atoms with Crippen LogP contribution in [0.2, 0.25) is 0 Å². The second kappa shape index (κ2) is 5.70. The van der Waals surface area contributed by atoms with Crippen LogP contribution in [0, 0.1) is 5.41 Å². The quantitative estimate of drug-likeness (QED) is 0.835. The lowest BCUT2D eigenvalue weighted by atomic mass is 9.90. The Balaban J connectivity index is 1.97. The highest BCUT2D eigenvalue weighted by molar-refractivity contribution is 7.98. The van der Waals surface area contributed by atoms with E-state index in [0.717, 1.165) is 4.90 Å². The van der Waals surface area contributed by atoms with Crippen LogP contribution in [0.1, 0.15) is 13.3 Å². The maximum absolute atomic E-state index is 12.1. The van der Waals surface area contributed by atoms with Crippen LogP contribution in [-0.4, -0.2) is 46.3 Å². The van der Waals surface area contributed by atoms with Crippen LogP contribution in [0.15, 0.2) is 23.2 Å². The molecule has 2 N–H and O–H groups in total. The first-order chi connectivity index (χ1) is 9.44. The van der Waals surface area contributed by atoms with Gasteiger partial charge in [0.05, 0.1) is 5.41 Å².